The zero-order valence-electron chi connectivity index (χ0n) is 18.8. The Bertz CT molecular complexity index is 954. The van der Waals surface area contributed by atoms with Crippen molar-refractivity contribution in [2.75, 3.05) is 0 Å². The van der Waals surface area contributed by atoms with Crippen LogP contribution in [0.3, 0.4) is 0 Å². The summed E-state index contributed by atoms with van der Waals surface area (Å²) in [4.78, 5) is 0.473. The molecule has 3 unspecified atom stereocenters. The highest BCUT2D eigenvalue weighted by atomic mass is 79.9. The average molecular weight is 633 g/mol. The molecule has 3 nitrogen and oxygen atoms in total. The van der Waals surface area contributed by atoms with Crippen molar-refractivity contribution in [3.8, 4) is 0 Å². The second kappa shape index (κ2) is 11.3. The minimum absolute atomic E-state index is 0.158. The molecule has 0 radical (unpaired) electrons. The van der Waals surface area contributed by atoms with E-state index in [4.69, 9.17) is 13.7 Å². The molecule has 4 rings (SSSR count). The molecule has 33 heavy (non-hydrogen) atoms. The molecule has 0 bridgehead atoms. The SMILES string of the molecule is CC(Br)c1ccccc1B1OB(c2ccccc2C(C)Br)OB(c2ccccc2C(C)Br)O1. The zero-order chi connectivity index (χ0) is 23.5. The van der Waals surface area contributed by atoms with Crippen LogP contribution in [0.5, 0.6) is 0 Å². The third kappa shape index (κ3) is 5.71. The predicted molar refractivity (Wildman–Crippen MR) is 151 cm³/mol. The van der Waals surface area contributed by atoms with Crippen LogP contribution in [0, 0.1) is 0 Å². The van der Waals surface area contributed by atoms with E-state index in [9.17, 15) is 0 Å². The molecule has 9 heteroatoms. The van der Waals surface area contributed by atoms with Crippen LogP contribution in [0.4, 0.5) is 0 Å². The van der Waals surface area contributed by atoms with Crippen molar-refractivity contribution in [3.05, 3.63) is 89.5 Å². The molecule has 3 atom stereocenters. The van der Waals surface area contributed by atoms with E-state index in [0.717, 1.165) is 33.1 Å². The fourth-order valence-electron chi connectivity index (χ4n) is 4.14. The number of alkyl halides is 3. The van der Waals surface area contributed by atoms with Crippen LogP contribution in [0.25, 0.3) is 0 Å². The molecular weight excluding hydrogens is 608 g/mol. The van der Waals surface area contributed by atoms with E-state index in [1.165, 1.54) is 0 Å². The maximum atomic E-state index is 6.49. The lowest BCUT2D eigenvalue weighted by atomic mass is 9.59. The van der Waals surface area contributed by atoms with Crippen LogP contribution in [0.15, 0.2) is 72.8 Å². The van der Waals surface area contributed by atoms with Crippen molar-refractivity contribution < 1.29 is 13.7 Å². The van der Waals surface area contributed by atoms with Crippen molar-refractivity contribution in [1.29, 1.82) is 0 Å². The van der Waals surface area contributed by atoms with Gasteiger partial charge in [-0.15, -0.1) is 0 Å². The first-order chi connectivity index (χ1) is 15.9. The smallest absolute Gasteiger partial charge is 0.445 e. The molecule has 0 saturated carbocycles. The van der Waals surface area contributed by atoms with Gasteiger partial charge in [0.25, 0.3) is 0 Å². The van der Waals surface area contributed by atoms with Gasteiger partial charge in [0.2, 0.25) is 0 Å². The summed E-state index contributed by atoms with van der Waals surface area (Å²) in [6, 6.07) is 24.7. The van der Waals surface area contributed by atoms with Crippen LogP contribution >= 0.6 is 47.8 Å². The molecule has 3 aromatic rings. The average Bonchev–Trinajstić information content (AvgIpc) is 2.83. The summed E-state index contributed by atoms with van der Waals surface area (Å²) in [6.07, 6.45) is 0. The van der Waals surface area contributed by atoms with Gasteiger partial charge >= 0.3 is 21.4 Å². The van der Waals surface area contributed by atoms with Gasteiger partial charge in [-0.25, -0.2) is 0 Å². The van der Waals surface area contributed by atoms with Gasteiger partial charge in [0.15, 0.2) is 0 Å². The first-order valence-corrected chi connectivity index (χ1v) is 13.8. The van der Waals surface area contributed by atoms with Crippen LogP contribution in [0.2, 0.25) is 0 Å². The Hall–Kier alpha value is -0.825. The third-order valence-corrected chi connectivity index (χ3v) is 7.26. The molecule has 1 saturated heterocycles. The van der Waals surface area contributed by atoms with Gasteiger partial charge in [-0.1, -0.05) is 121 Å². The highest BCUT2D eigenvalue weighted by Gasteiger charge is 2.45. The number of hydrogen-bond acceptors (Lipinski definition) is 3. The maximum Gasteiger partial charge on any atom is 0.467 e. The Kier molecular flexibility index (Phi) is 8.64. The second-order valence-electron chi connectivity index (χ2n) is 8.14. The zero-order valence-corrected chi connectivity index (χ0v) is 23.5. The minimum atomic E-state index is -0.581. The summed E-state index contributed by atoms with van der Waals surface area (Å²) >= 11 is 11.2. The lowest BCUT2D eigenvalue weighted by Crippen LogP contribution is -2.62. The molecule has 0 aromatic heterocycles. The Balaban J connectivity index is 1.80. The number of halogens is 3. The van der Waals surface area contributed by atoms with Gasteiger partial charge in [0.05, 0.1) is 0 Å². The molecular formula is C24H24B3Br3O3. The van der Waals surface area contributed by atoms with E-state index in [1.54, 1.807) is 0 Å². The van der Waals surface area contributed by atoms with E-state index in [2.05, 4.69) is 105 Å². The first kappa shape index (κ1) is 25.3. The molecule has 1 heterocycles. The van der Waals surface area contributed by atoms with Crippen molar-refractivity contribution in [2.45, 2.75) is 35.3 Å². The highest BCUT2D eigenvalue weighted by Crippen LogP contribution is 2.25. The van der Waals surface area contributed by atoms with E-state index < -0.39 is 21.4 Å². The highest BCUT2D eigenvalue weighted by molar-refractivity contribution is 9.09. The third-order valence-electron chi connectivity index (χ3n) is 5.78. The van der Waals surface area contributed by atoms with E-state index in [1.807, 2.05) is 36.4 Å². The first-order valence-electron chi connectivity index (χ1n) is 11.0. The molecule has 168 valence electrons. The van der Waals surface area contributed by atoms with Crippen LogP contribution in [-0.2, 0) is 13.7 Å². The van der Waals surface area contributed by atoms with Gasteiger partial charge in [0.1, 0.15) is 0 Å². The van der Waals surface area contributed by atoms with E-state index >= 15 is 0 Å². The second-order valence-corrected chi connectivity index (χ2v) is 12.3. The Labute approximate surface area is 222 Å². The van der Waals surface area contributed by atoms with Gasteiger partial charge in [-0.2, -0.15) is 0 Å². The number of benzene rings is 3. The molecule has 1 fully saturated rings. The summed E-state index contributed by atoms with van der Waals surface area (Å²) in [5, 5.41) is 0. The van der Waals surface area contributed by atoms with Crippen LogP contribution in [0.1, 0.15) is 51.9 Å². The largest absolute Gasteiger partial charge is 0.467 e. The standard InChI is InChI=1S/C24H24B3Br3O3/c1-16(28)19-10-4-7-13-22(19)25-31-26(23-14-8-5-11-20(23)17(2)29)33-27(32-25)24-15-9-6-12-21(24)18(3)30/h4-18H,1-3H3. The number of hydrogen-bond donors (Lipinski definition) is 0. The lowest BCUT2D eigenvalue weighted by Gasteiger charge is -2.34. The van der Waals surface area contributed by atoms with Gasteiger partial charge in [-0.05, 0) is 53.8 Å². The maximum absolute atomic E-state index is 6.49. The fraction of sp³-hybridized carbons (Fsp3) is 0.250. The van der Waals surface area contributed by atoms with Crippen molar-refractivity contribution in [1.82, 2.24) is 0 Å². The monoisotopic (exact) mass is 630 g/mol. The van der Waals surface area contributed by atoms with Gasteiger partial charge in [0, 0.05) is 14.5 Å². The number of rotatable bonds is 6. The molecule has 1 aliphatic rings. The van der Waals surface area contributed by atoms with E-state index in [0.29, 0.717) is 0 Å². The van der Waals surface area contributed by atoms with Gasteiger partial charge in [-0.3, -0.25) is 0 Å². The van der Waals surface area contributed by atoms with E-state index in [-0.39, 0.29) is 14.5 Å². The van der Waals surface area contributed by atoms with Crippen molar-refractivity contribution >= 4 is 85.5 Å². The summed E-state index contributed by atoms with van der Waals surface area (Å²) < 4.78 is 19.5. The fourth-order valence-corrected chi connectivity index (χ4v) is 5.39. The molecule has 3 aromatic carbocycles. The molecule has 0 spiro atoms. The quantitative estimate of drug-likeness (QED) is 0.262. The Morgan fingerprint density at radius 2 is 0.727 bits per heavy atom. The summed E-state index contributed by atoms with van der Waals surface area (Å²) in [5.74, 6) is 0. The predicted octanol–water partition coefficient (Wildman–Crippen LogP) is 5.60. The Morgan fingerprint density at radius 1 is 0.485 bits per heavy atom. The topological polar surface area (TPSA) is 27.7 Å². The summed E-state index contributed by atoms with van der Waals surface area (Å²) in [7, 11) is -1.74. The molecule has 0 N–H and O–H groups in total. The normalized spacial score (nSPS) is 17.1. The summed E-state index contributed by atoms with van der Waals surface area (Å²) in [5.41, 5.74) is 6.38. The van der Waals surface area contributed by atoms with Gasteiger partial charge < -0.3 is 13.7 Å². The van der Waals surface area contributed by atoms with Crippen LogP contribution in [-0.4, -0.2) is 21.4 Å². The summed E-state index contributed by atoms with van der Waals surface area (Å²) in [6.45, 7) is 6.32. The minimum Gasteiger partial charge on any atom is -0.445 e. The van der Waals surface area contributed by atoms with Crippen LogP contribution < -0.4 is 16.4 Å². The lowest BCUT2D eigenvalue weighted by molar-refractivity contribution is 0.308. The molecule has 0 aliphatic carbocycles. The molecule has 0 amide bonds. The van der Waals surface area contributed by atoms with Crippen molar-refractivity contribution in [2.24, 2.45) is 0 Å². The molecule has 1 aliphatic heterocycles. The Morgan fingerprint density at radius 3 is 0.970 bits per heavy atom. The van der Waals surface area contributed by atoms with Crippen molar-refractivity contribution in [3.63, 3.8) is 0 Å².